The van der Waals surface area contributed by atoms with E-state index in [-0.39, 0.29) is 0 Å². The topological polar surface area (TPSA) is 46.5 Å². The van der Waals surface area contributed by atoms with Crippen LogP contribution in [0.5, 0.6) is 0 Å². The van der Waals surface area contributed by atoms with Crippen LogP contribution in [0.25, 0.3) is 6.08 Å². The molecule has 0 unspecified atom stereocenters. The van der Waals surface area contributed by atoms with Gasteiger partial charge in [-0.05, 0) is 35.4 Å². The monoisotopic (exact) mass is 252 g/mol. The zero-order valence-corrected chi connectivity index (χ0v) is 10.4. The van der Waals surface area contributed by atoms with Gasteiger partial charge < -0.3 is 9.84 Å². The molecule has 1 N–H and O–H groups in total. The van der Waals surface area contributed by atoms with E-state index in [1.54, 1.807) is 17.4 Å². The number of carboxylic acids is 1. The minimum absolute atomic E-state index is 0.637. The summed E-state index contributed by atoms with van der Waals surface area (Å²) in [5, 5.41) is 10.4. The highest BCUT2D eigenvalue weighted by molar-refractivity contribution is 7.10. The van der Waals surface area contributed by atoms with Gasteiger partial charge in [-0.3, -0.25) is 0 Å². The van der Waals surface area contributed by atoms with Gasteiger partial charge in [0.2, 0.25) is 0 Å². The number of hydrogen-bond acceptors (Lipinski definition) is 3. The maximum Gasteiger partial charge on any atom is 0.328 e. The molecule has 17 heavy (non-hydrogen) atoms. The highest BCUT2D eigenvalue weighted by Gasteiger charge is 2.20. The van der Waals surface area contributed by atoms with Gasteiger partial charge in [0.25, 0.3) is 0 Å². The Balaban J connectivity index is 1.71. The maximum atomic E-state index is 10.4. The van der Waals surface area contributed by atoms with Crippen LogP contribution in [-0.2, 0) is 16.1 Å². The van der Waals surface area contributed by atoms with E-state index in [9.17, 15) is 4.79 Å². The van der Waals surface area contributed by atoms with Gasteiger partial charge in [-0.2, -0.15) is 0 Å². The van der Waals surface area contributed by atoms with Crippen molar-refractivity contribution < 1.29 is 14.6 Å². The Bertz CT molecular complexity index is 405. The van der Waals surface area contributed by atoms with E-state index in [4.69, 9.17) is 9.84 Å². The van der Waals surface area contributed by atoms with Crippen molar-refractivity contribution in [3.63, 3.8) is 0 Å². The first kappa shape index (κ1) is 12.3. The number of thiophene rings is 1. The van der Waals surface area contributed by atoms with Crippen LogP contribution in [0.3, 0.4) is 0 Å². The Labute approximate surface area is 105 Å². The van der Waals surface area contributed by atoms with Crippen LogP contribution in [0.4, 0.5) is 0 Å². The van der Waals surface area contributed by atoms with E-state index in [1.165, 1.54) is 19.3 Å². The molecule has 2 rings (SSSR count). The molecular formula is C13H16O3S. The van der Waals surface area contributed by atoms with Crippen LogP contribution in [-0.4, -0.2) is 17.7 Å². The molecule has 3 nitrogen and oxygen atoms in total. The zero-order chi connectivity index (χ0) is 12.1. The quantitative estimate of drug-likeness (QED) is 0.599. The van der Waals surface area contributed by atoms with E-state index in [0.717, 1.165) is 29.0 Å². The molecule has 0 amide bonds. The Morgan fingerprint density at radius 3 is 3.12 bits per heavy atom. The van der Waals surface area contributed by atoms with Gasteiger partial charge in [-0.25, -0.2) is 4.79 Å². The van der Waals surface area contributed by atoms with Gasteiger partial charge in [0, 0.05) is 17.6 Å². The van der Waals surface area contributed by atoms with Crippen molar-refractivity contribution in [3.8, 4) is 0 Å². The van der Waals surface area contributed by atoms with Crippen LogP contribution in [0.15, 0.2) is 17.5 Å². The molecule has 0 aliphatic heterocycles. The molecule has 0 spiro atoms. The van der Waals surface area contributed by atoms with Gasteiger partial charge >= 0.3 is 5.97 Å². The van der Waals surface area contributed by atoms with Gasteiger partial charge in [-0.1, -0.05) is 12.8 Å². The van der Waals surface area contributed by atoms with E-state index < -0.39 is 5.97 Å². The summed E-state index contributed by atoms with van der Waals surface area (Å²) in [5.74, 6) is -0.00849. The van der Waals surface area contributed by atoms with Crippen molar-refractivity contribution in [2.75, 3.05) is 6.61 Å². The second-order valence-corrected chi connectivity index (χ2v) is 5.30. The molecule has 1 fully saturated rings. The summed E-state index contributed by atoms with van der Waals surface area (Å²) in [6.45, 7) is 1.47. The predicted molar refractivity (Wildman–Crippen MR) is 68.0 cm³/mol. The molecule has 4 heteroatoms. The SMILES string of the molecule is O=C(O)/C=C/c1csc(COCCC2CC2)c1. The molecule has 0 atom stereocenters. The van der Waals surface area contributed by atoms with Crippen LogP contribution < -0.4 is 0 Å². The maximum absolute atomic E-state index is 10.4. The summed E-state index contributed by atoms with van der Waals surface area (Å²) >= 11 is 1.61. The lowest BCUT2D eigenvalue weighted by Gasteiger charge is -2.00. The fraction of sp³-hybridized carbons (Fsp3) is 0.462. The Hall–Kier alpha value is -1.13. The number of carboxylic acid groups (broad SMARTS) is 1. The Kier molecular flexibility index (Phi) is 4.34. The molecule has 1 aliphatic carbocycles. The summed E-state index contributed by atoms with van der Waals surface area (Å²) in [5.41, 5.74) is 0.929. The van der Waals surface area contributed by atoms with Crippen molar-refractivity contribution in [2.24, 2.45) is 5.92 Å². The zero-order valence-electron chi connectivity index (χ0n) is 9.59. The second-order valence-electron chi connectivity index (χ2n) is 4.30. The van der Waals surface area contributed by atoms with E-state index in [0.29, 0.717) is 6.61 Å². The average Bonchev–Trinajstić information content (AvgIpc) is 3.01. The van der Waals surface area contributed by atoms with E-state index >= 15 is 0 Å². The highest BCUT2D eigenvalue weighted by Crippen LogP contribution is 2.32. The summed E-state index contributed by atoms with van der Waals surface area (Å²) in [4.78, 5) is 11.5. The first-order chi connectivity index (χ1) is 8.24. The third-order valence-electron chi connectivity index (χ3n) is 2.70. The molecule has 0 bridgehead atoms. The number of rotatable bonds is 7. The first-order valence-electron chi connectivity index (χ1n) is 5.80. The largest absolute Gasteiger partial charge is 0.478 e. The lowest BCUT2D eigenvalue weighted by Crippen LogP contribution is -1.94. The molecule has 1 aromatic heterocycles. The lowest BCUT2D eigenvalue weighted by molar-refractivity contribution is -0.131. The highest BCUT2D eigenvalue weighted by atomic mass is 32.1. The summed E-state index contributed by atoms with van der Waals surface area (Å²) in [6.07, 6.45) is 6.67. The van der Waals surface area contributed by atoms with Crippen molar-refractivity contribution in [3.05, 3.63) is 28.0 Å². The third kappa shape index (κ3) is 4.71. The first-order valence-corrected chi connectivity index (χ1v) is 6.68. The molecule has 0 aromatic carbocycles. The molecule has 1 aliphatic rings. The number of aliphatic carboxylic acids is 1. The van der Waals surface area contributed by atoms with Gasteiger partial charge in [0.1, 0.15) is 0 Å². The van der Waals surface area contributed by atoms with Crippen LogP contribution in [0.1, 0.15) is 29.7 Å². The number of carbonyl (C=O) groups is 1. The van der Waals surface area contributed by atoms with Gasteiger partial charge in [0.15, 0.2) is 0 Å². The fourth-order valence-electron chi connectivity index (χ4n) is 1.56. The van der Waals surface area contributed by atoms with E-state index in [1.807, 2.05) is 11.4 Å². The predicted octanol–water partition coefficient (Wildman–Crippen LogP) is 3.16. The Morgan fingerprint density at radius 1 is 1.59 bits per heavy atom. The van der Waals surface area contributed by atoms with Gasteiger partial charge in [0.05, 0.1) is 6.61 Å². The molecular weight excluding hydrogens is 236 g/mol. The summed E-state index contributed by atoms with van der Waals surface area (Å²) in [7, 11) is 0. The number of hydrogen-bond donors (Lipinski definition) is 1. The summed E-state index contributed by atoms with van der Waals surface area (Å²) < 4.78 is 5.58. The van der Waals surface area contributed by atoms with Crippen LogP contribution in [0.2, 0.25) is 0 Å². The molecule has 1 saturated carbocycles. The standard InChI is InChI=1S/C13H16O3S/c14-13(15)4-3-11-7-12(17-9-11)8-16-6-5-10-1-2-10/h3-4,7,9-10H,1-2,5-6,8H2,(H,14,15)/b4-3+. The van der Waals surface area contributed by atoms with Crippen LogP contribution >= 0.6 is 11.3 Å². The molecule has 0 radical (unpaired) electrons. The average molecular weight is 252 g/mol. The summed E-state index contributed by atoms with van der Waals surface area (Å²) in [6, 6.07) is 1.97. The second kappa shape index (κ2) is 5.98. The fourth-order valence-corrected chi connectivity index (χ4v) is 2.35. The van der Waals surface area contributed by atoms with Crippen molar-refractivity contribution in [1.82, 2.24) is 0 Å². The van der Waals surface area contributed by atoms with Crippen LogP contribution in [0, 0.1) is 5.92 Å². The molecule has 1 heterocycles. The third-order valence-corrected chi connectivity index (χ3v) is 3.63. The van der Waals surface area contributed by atoms with Crippen molar-refractivity contribution in [2.45, 2.75) is 25.9 Å². The molecule has 1 aromatic rings. The lowest BCUT2D eigenvalue weighted by atomic mass is 10.3. The van der Waals surface area contributed by atoms with Crippen molar-refractivity contribution in [1.29, 1.82) is 0 Å². The molecule has 92 valence electrons. The van der Waals surface area contributed by atoms with E-state index in [2.05, 4.69) is 0 Å². The smallest absolute Gasteiger partial charge is 0.328 e. The normalized spacial score (nSPS) is 15.5. The Morgan fingerprint density at radius 2 is 2.41 bits per heavy atom. The minimum Gasteiger partial charge on any atom is -0.478 e. The van der Waals surface area contributed by atoms with Gasteiger partial charge in [-0.15, -0.1) is 11.3 Å². The number of ether oxygens (including phenoxy) is 1. The minimum atomic E-state index is -0.918. The van der Waals surface area contributed by atoms with Crippen molar-refractivity contribution >= 4 is 23.4 Å². The molecule has 0 saturated heterocycles.